The number of halogens is 2. The number of benzene rings is 1. The van der Waals surface area contributed by atoms with Gasteiger partial charge in [0.15, 0.2) is 0 Å². The van der Waals surface area contributed by atoms with Gasteiger partial charge in [-0.1, -0.05) is 0 Å². The highest BCUT2D eigenvalue weighted by Crippen LogP contribution is 2.31. The third kappa shape index (κ3) is 3.76. The summed E-state index contributed by atoms with van der Waals surface area (Å²) in [7, 11) is 0. The van der Waals surface area contributed by atoms with Gasteiger partial charge in [0.2, 0.25) is 0 Å². The molecule has 1 aliphatic rings. The van der Waals surface area contributed by atoms with Crippen molar-refractivity contribution in [3.63, 3.8) is 0 Å². The Morgan fingerprint density at radius 1 is 1.22 bits per heavy atom. The Morgan fingerprint density at radius 2 is 1.93 bits per heavy atom. The van der Waals surface area contributed by atoms with Crippen molar-refractivity contribution in [1.29, 1.82) is 0 Å². The first-order valence-corrected chi connectivity index (χ1v) is 8.49. The number of nitrogens with one attached hydrogen (secondary N) is 1. The number of primary amides is 1. The number of amides is 3. The van der Waals surface area contributed by atoms with Gasteiger partial charge in [0.1, 0.15) is 17.3 Å². The molecule has 1 aliphatic heterocycles. The van der Waals surface area contributed by atoms with Crippen LogP contribution in [0.1, 0.15) is 36.8 Å². The lowest BCUT2D eigenvalue weighted by Gasteiger charge is -2.27. The zero-order valence-electron chi connectivity index (χ0n) is 15.3. The molecule has 1 aromatic heterocycles. The Labute approximate surface area is 155 Å². The molecule has 0 spiro atoms. The third-order valence-corrected chi connectivity index (χ3v) is 4.19. The summed E-state index contributed by atoms with van der Waals surface area (Å²) >= 11 is 0. The number of rotatable bonds is 2. The van der Waals surface area contributed by atoms with Gasteiger partial charge in [-0.2, -0.15) is 5.10 Å². The van der Waals surface area contributed by atoms with Crippen LogP contribution in [0.4, 0.5) is 13.6 Å². The first-order chi connectivity index (χ1) is 12.6. The summed E-state index contributed by atoms with van der Waals surface area (Å²) in [5, 5.41) is 7.15. The van der Waals surface area contributed by atoms with E-state index in [1.807, 2.05) is 0 Å². The fourth-order valence-electron chi connectivity index (χ4n) is 3.02. The molecular weight excluding hydrogens is 356 g/mol. The first kappa shape index (κ1) is 18.8. The monoisotopic (exact) mass is 377 g/mol. The Balaban J connectivity index is 2.18. The minimum atomic E-state index is -0.691. The molecule has 3 N–H and O–H groups in total. The van der Waals surface area contributed by atoms with Gasteiger partial charge in [-0.15, -0.1) is 0 Å². The number of fused-ring (bicyclic) bond motifs is 1. The maximum Gasteiger partial charge on any atom is 0.315 e. The fourth-order valence-corrected chi connectivity index (χ4v) is 3.02. The first-order valence-electron chi connectivity index (χ1n) is 8.49. The van der Waals surface area contributed by atoms with Crippen molar-refractivity contribution >= 4 is 11.9 Å². The fraction of sp³-hybridized carbons (Fsp3) is 0.389. The standard InChI is InChI=1S/C18H21F2N5O2/c1-18(2,3)22-16(26)14-13-9-24(17(21)27)6-7-25(13)23-15(14)11-8-10(19)4-5-12(11)20/h4-5,8H,6-7,9H2,1-3H3,(H2,21,27)(H,22,26). The van der Waals surface area contributed by atoms with Gasteiger partial charge in [-0.25, -0.2) is 13.6 Å². The predicted molar refractivity (Wildman–Crippen MR) is 94.8 cm³/mol. The summed E-state index contributed by atoms with van der Waals surface area (Å²) in [5.74, 6) is -1.81. The van der Waals surface area contributed by atoms with Crippen LogP contribution in [0.25, 0.3) is 11.3 Å². The van der Waals surface area contributed by atoms with E-state index in [0.29, 0.717) is 18.8 Å². The van der Waals surface area contributed by atoms with Gasteiger partial charge in [-0.05, 0) is 39.0 Å². The minimum Gasteiger partial charge on any atom is -0.351 e. The number of hydrogen-bond acceptors (Lipinski definition) is 3. The molecule has 3 amide bonds. The van der Waals surface area contributed by atoms with Crippen LogP contribution in [0.5, 0.6) is 0 Å². The zero-order valence-corrected chi connectivity index (χ0v) is 15.3. The van der Waals surface area contributed by atoms with E-state index >= 15 is 0 Å². The van der Waals surface area contributed by atoms with Gasteiger partial charge in [-0.3, -0.25) is 9.48 Å². The summed E-state index contributed by atoms with van der Waals surface area (Å²) in [6, 6.07) is 2.37. The predicted octanol–water partition coefficient (Wildman–Crippen LogP) is 2.25. The summed E-state index contributed by atoms with van der Waals surface area (Å²) in [4.78, 5) is 25.9. The Hall–Kier alpha value is -2.97. The summed E-state index contributed by atoms with van der Waals surface area (Å²) in [5.41, 5.74) is 5.28. The molecule has 27 heavy (non-hydrogen) atoms. The van der Waals surface area contributed by atoms with Gasteiger partial charge in [0.05, 0.1) is 24.3 Å². The van der Waals surface area contributed by atoms with Crippen LogP contribution in [0.15, 0.2) is 18.2 Å². The SMILES string of the molecule is CC(C)(C)NC(=O)c1c(-c2cc(F)ccc2F)nn2c1CN(C(N)=O)CC2. The number of urea groups is 1. The van der Waals surface area contributed by atoms with Crippen LogP contribution < -0.4 is 11.1 Å². The molecule has 3 rings (SSSR count). The Bertz CT molecular complexity index is 917. The number of nitrogens with zero attached hydrogens (tertiary/aromatic N) is 3. The molecule has 0 saturated carbocycles. The van der Waals surface area contributed by atoms with E-state index in [1.54, 1.807) is 20.8 Å². The van der Waals surface area contributed by atoms with E-state index in [4.69, 9.17) is 5.73 Å². The Morgan fingerprint density at radius 3 is 2.56 bits per heavy atom. The van der Waals surface area contributed by atoms with E-state index in [-0.39, 0.29) is 23.4 Å². The third-order valence-electron chi connectivity index (χ3n) is 4.19. The lowest BCUT2D eigenvalue weighted by atomic mass is 10.0. The van der Waals surface area contributed by atoms with Crippen molar-refractivity contribution in [2.24, 2.45) is 5.73 Å². The second-order valence-corrected chi connectivity index (χ2v) is 7.48. The number of carbonyl (C=O) groups is 2. The molecular formula is C18H21F2N5O2. The van der Waals surface area contributed by atoms with E-state index in [9.17, 15) is 18.4 Å². The van der Waals surface area contributed by atoms with Crippen molar-refractivity contribution in [2.75, 3.05) is 6.54 Å². The van der Waals surface area contributed by atoms with Crippen LogP contribution in [0.2, 0.25) is 0 Å². The second kappa shape index (κ2) is 6.64. The Kier molecular flexibility index (Phi) is 4.63. The van der Waals surface area contributed by atoms with Gasteiger partial charge in [0, 0.05) is 17.6 Å². The maximum absolute atomic E-state index is 14.4. The smallest absolute Gasteiger partial charge is 0.315 e. The van der Waals surface area contributed by atoms with Gasteiger partial charge >= 0.3 is 6.03 Å². The number of aromatic nitrogens is 2. The molecule has 0 atom stereocenters. The molecule has 0 aliphatic carbocycles. The van der Waals surface area contributed by atoms with Crippen LogP contribution in [0, 0.1) is 11.6 Å². The molecule has 7 nitrogen and oxygen atoms in total. The zero-order chi connectivity index (χ0) is 19.9. The van der Waals surface area contributed by atoms with Crippen molar-refractivity contribution in [1.82, 2.24) is 20.0 Å². The molecule has 2 heterocycles. The average Bonchev–Trinajstić information content (AvgIpc) is 2.93. The van der Waals surface area contributed by atoms with E-state index in [0.717, 1.165) is 18.2 Å². The minimum absolute atomic E-state index is 0.0371. The molecule has 2 aromatic rings. The molecule has 9 heteroatoms. The van der Waals surface area contributed by atoms with Gasteiger partial charge < -0.3 is 16.0 Å². The molecule has 144 valence electrons. The lowest BCUT2D eigenvalue weighted by Crippen LogP contribution is -2.44. The van der Waals surface area contributed by atoms with E-state index < -0.39 is 29.1 Å². The van der Waals surface area contributed by atoms with Crippen molar-refractivity contribution in [2.45, 2.75) is 39.4 Å². The molecule has 0 bridgehead atoms. The van der Waals surface area contributed by atoms with Crippen LogP contribution >= 0.6 is 0 Å². The molecule has 0 saturated heterocycles. The number of carbonyl (C=O) groups excluding carboxylic acids is 2. The number of hydrogen-bond donors (Lipinski definition) is 2. The highest BCUT2D eigenvalue weighted by Gasteiger charge is 2.32. The maximum atomic E-state index is 14.4. The van der Waals surface area contributed by atoms with Crippen molar-refractivity contribution in [3.8, 4) is 11.3 Å². The average molecular weight is 377 g/mol. The lowest BCUT2D eigenvalue weighted by molar-refractivity contribution is 0.0916. The van der Waals surface area contributed by atoms with Crippen LogP contribution in [0.3, 0.4) is 0 Å². The van der Waals surface area contributed by atoms with Crippen molar-refractivity contribution in [3.05, 3.63) is 41.1 Å². The van der Waals surface area contributed by atoms with Crippen LogP contribution in [-0.4, -0.2) is 38.7 Å². The molecule has 0 fully saturated rings. The summed E-state index contributed by atoms with van der Waals surface area (Å²) in [6.45, 7) is 6.09. The second-order valence-electron chi connectivity index (χ2n) is 7.48. The molecule has 0 radical (unpaired) electrons. The summed E-state index contributed by atoms with van der Waals surface area (Å²) < 4.78 is 29.6. The largest absolute Gasteiger partial charge is 0.351 e. The molecule has 1 aromatic carbocycles. The van der Waals surface area contributed by atoms with E-state index in [1.165, 1.54) is 9.58 Å². The highest BCUT2D eigenvalue weighted by molar-refractivity contribution is 6.01. The van der Waals surface area contributed by atoms with Crippen LogP contribution in [-0.2, 0) is 13.1 Å². The highest BCUT2D eigenvalue weighted by atomic mass is 19.1. The number of nitrogens with two attached hydrogens (primary N) is 1. The molecule has 0 unspecified atom stereocenters. The van der Waals surface area contributed by atoms with Crippen molar-refractivity contribution < 1.29 is 18.4 Å². The van der Waals surface area contributed by atoms with Gasteiger partial charge in [0.25, 0.3) is 5.91 Å². The normalized spacial score (nSPS) is 14.0. The topological polar surface area (TPSA) is 93.2 Å². The van der Waals surface area contributed by atoms with E-state index in [2.05, 4.69) is 10.4 Å². The summed E-state index contributed by atoms with van der Waals surface area (Å²) in [6.07, 6.45) is 0. The quantitative estimate of drug-likeness (QED) is 0.841.